The van der Waals surface area contributed by atoms with Gasteiger partial charge in [-0.2, -0.15) is 0 Å². The van der Waals surface area contributed by atoms with Crippen LogP contribution in [0.1, 0.15) is 12.5 Å². The van der Waals surface area contributed by atoms with E-state index in [1.807, 2.05) is 6.92 Å². The van der Waals surface area contributed by atoms with Gasteiger partial charge in [0, 0.05) is 16.8 Å². The number of thioether (sulfide) groups is 1. The molecule has 5 heteroatoms. The average molecular weight is 332 g/mol. The first-order chi connectivity index (χ1) is 8.54. The zero-order valence-corrected chi connectivity index (χ0v) is 12.5. The molecule has 1 N–H and O–H groups in total. The molecule has 0 aliphatic carbocycles. The van der Waals surface area contributed by atoms with Crippen molar-refractivity contribution in [1.29, 1.82) is 0 Å². The lowest BCUT2D eigenvalue weighted by atomic mass is 10.2. The molecule has 0 fully saturated rings. The first-order valence-corrected chi connectivity index (χ1v) is 7.33. The van der Waals surface area contributed by atoms with Crippen molar-refractivity contribution in [3.8, 4) is 0 Å². The summed E-state index contributed by atoms with van der Waals surface area (Å²) in [4.78, 5) is 11.6. The van der Waals surface area contributed by atoms with Gasteiger partial charge in [-0.3, -0.25) is 4.79 Å². The van der Waals surface area contributed by atoms with Crippen LogP contribution in [0.15, 0.2) is 35.3 Å². The number of nitrogens with one attached hydrogen (secondary N) is 1. The van der Waals surface area contributed by atoms with Crippen molar-refractivity contribution in [3.63, 3.8) is 0 Å². The molecule has 0 aliphatic heterocycles. The zero-order valence-electron chi connectivity index (χ0n) is 10.1. The maximum absolute atomic E-state index is 12.9. The number of carbonyl (C=O) groups excluding carboxylic acids is 1. The lowest BCUT2D eigenvalue weighted by Gasteiger charge is -2.11. The third-order valence-corrected chi connectivity index (χ3v) is 4.22. The number of carbonyl (C=O) groups is 1. The van der Waals surface area contributed by atoms with E-state index in [2.05, 4.69) is 27.8 Å². The van der Waals surface area contributed by atoms with Gasteiger partial charge in [0.05, 0.1) is 5.25 Å². The van der Waals surface area contributed by atoms with Crippen LogP contribution in [-0.4, -0.2) is 17.7 Å². The summed E-state index contributed by atoms with van der Waals surface area (Å²) < 4.78 is 13.6. The SMILES string of the molecule is C=CCNC(=O)C(C)SCc1ccc(F)cc1Br. The van der Waals surface area contributed by atoms with Crippen molar-refractivity contribution >= 4 is 33.6 Å². The summed E-state index contributed by atoms with van der Waals surface area (Å²) >= 11 is 4.82. The van der Waals surface area contributed by atoms with Gasteiger partial charge in [-0.15, -0.1) is 18.3 Å². The van der Waals surface area contributed by atoms with Crippen LogP contribution >= 0.6 is 27.7 Å². The topological polar surface area (TPSA) is 29.1 Å². The molecule has 0 aromatic heterocycles. The molecule has 2 nitrogen and oxygen atoms in total. The summed E-state index contributed by atoms with van der Waals surface area (Å²) in [6.45, 7) is 5.87. The van der Waals surface area contributed by atoms with Crippen LogP contribution in [-0.2, 0) is 10.5 Å². The first-order valence-electron chi connectivity index (χ1n) is 5.48. The second kappa shape index (κ2) is 7.59. The highest BCUT2D eigenvalue weighted by Gasteiger charge is 2.13. The van der Waals surface area contributed by atoms with Crippen LogP contribution in [0.5, 0.6) is 0 Å². The van der Waals surface area contributed by atoms with E-state index in [0.29, 0.717) is 12.3 Å². The number of rotatable bonds is 6. The summed E-state index contributed by atoms with van der Waals surface area (Å²) in [6.07, 6.45) is 1.64. The normalized spacial score (nSPS) is 11.9. The zero-order chi connectivity index (χ0) is 13.5. The Morgan fingerprint density at radius 3 is 3.00 bits per heavy atom. The van der Waals surface area contributed by atoms with Gasteiger partial charge in [0.2, 0.25) is 5.91 Å². The fourth-order valence-corrected chi connectivity index (χ4v) is 2.84. The molecule has 0 bridgehead atoms. The van der Waals surface area contributed by atoms with Crippen LogP contribution < -0.4 is 5.32 Å². The molecule has 0 heterocycles. The highest BCUT2D eigenvalue weighted by Crippen LogP contribution is 2.24. The fraction of sp³-hybridized carbons (Fsp3) is 0.308. The van der Waals surface area contributed by atoms with Gasteiger partial charge in [-0.05, 0) is 24.6 Å². The number of amides is 1. The monoisotopic (exact) mass is 331 g/mol. The highest BCUT2D eigenvalue weighted by atomic mass is 79.9. The maximum atomic E-state index is 12.9. The highest BCUT2D eigenvalue weighted by molar-refractivity contribution is 9.10. The molecule has 0 saturated heterocycles. The van der Waals surface area contributed by atoms with Gasteiger partial charge in [-0.25, -0.2) is 4.39 Å². The molecule has 98 valence electrons. The fourth-order valence-electron chi connectivity index (χ4n) is 1.25. The molecule has 1 rings (SSSR count). The number of benzene rings is 1. The summed E-state index contributed by atoms with van der Waals surface area (Å²) in [5.41, 5.74) is 0.977. The Morgan fingerprint density at radius 2 is 2.39 bits per heavy atom. The van der Waals surface area contributed by atoms with Crippen molar-refractivity contribution in [2.24, 2.45) is 0 Å². The Balaban J connectivity index is 2.49. The average Bonchev–Trinajstić information content (AvgIpc) is 2.34. The Labute approximate surface area is 119 Å². The second-order valence-electron chi connectivity index (χ2n) is 3.72. The minimum Gasteiger partial charge on any atom is -0.352 e. The predicted octanol–water partition coefficient (Wildman–Crippen LogP) is 3.51. The number of hydrogen-bond acceptors (Lipinski definition) is 2. The summed E-state index contributed by atoms with van der Waals surface area (Å²) in [6, 6.07) is 4.57. The molecular formula is C13H15BrFNOS. The Kier molecular flexibility index (Phi) is 6.43. The molecule has 1 aromatic rings. The van der Waals surface area contributed by atoms with Crippen LogP contribution in [0.2, 0.25) is 0 Å². The van der Waals surface area contributed by atoms with Gasteiger partial charge >= 0.3 is 0 Å². The maximum Gasteiger partial charge on any atom is 0.233 e. The smallest absolute Gasteiger partial charge is 0.233 e. The van der Waals surface area contributed by atoms with E-state index in [9.17, 15) is 9.18 Å². The molecule has 1 unspecified atom stereocenters. The number of hydrogen-bond donors (Lipinski definition) is 1. The van der Waals surface area contributed by atoms with Gasteiger partial charge in [-0.1, -0.05) is 28.1 Å². The van der Waals surface area contributed by atoms with E-state index >= 15 is 0 Å². The van der Waals surface area contributed by atoms with E-state index in [4.69, 9.17) is 0 Å². The molecule has 0 radical (unpaired) electrons. The summed E-state index contributed by atoms with van der Waals surface area (Å²) in [7, 11) is 0. The van der Waals surface area contributed by atoms with Crippen molar-refractivity contribution < 1.29 is 9.18 Å². The third kappa shape index (κ3) is 4.82. The van der Waals surface area contributed by atoms with E-state index in [-0.39, 0.29) is 17.0 Å². The van der Waals surface area contributed by atoms with E-state index in [1.165, 1.54) is 23.9 Å². The van der Waals surface area contributed by atoms with Crippen LogP contribution in [0.4, 0.5) is 4.39 Å². The standard InChI is InChI=1S/C13H15BrFNOS/c1-3-6-16-13(17)9(2)18-8-10-4-5-11(15)7-12(10)14/h3-5,7,9H,1,6,8H2,2H3,(H,16,17). The molecule has 1 atom stereocenters. The Morgan fingerprint density at radius 1 is 1.67 bits per heavy atom. The van der Waals surface area contributed by atoms with Crippen molar-refractivity contribution in [2.75, 3.05) is 6.54 Å². The van der Waals surface area contributed by atoms with Crippen molar-refractivity contribution in [2.45, 2.75) is 17.9 Å². The van der Waals surface area contributed by atoms with Gasteiger partial charge in [0.1, 0.15) is 5.82 Å². The van der Waals surface area contributed by atoms with Crippen LogP contribution in [0.3, 0.4) is 0 Å². The van der Waals surface area contributed by atoms with Gasteiger partial charge in [0.15, 0.2) is 0 Å². The lowest BCUT2D eigenvalue weighted by molar-refractivity contribution is -0.120. The van der Waals surface area contributed by atoms with Gasteiger partial charge in [0.25, 0.3) is 0 Å². The van der Waals surface area contributed by atoms with Crippen molar-refractivity contribution in [3.05, 3.63) is 46.7 Å². The van der Waals surface area contributed by atoms with E-state index in [0.717, 1.165) is 10.0 Å². The predicted molar refractivity (Wildman–Crippen MR) is 78.1 cm³/mol. The number of halogens is 2. The summed E-state index contributed by atoms with van der Waals surface area (Å²) in [5.74, 6) is 0.370. The van der Waals surface area contributed by atoms with E-state index < -0.39 is 0 Å². The molecule has 0 aliphatic rings. The molecule has 0 spiro atoms. The molecule has 18 heavy (non-hydrogen) atoms. The first kappa shape index (κ1) is 15.2. The largest absolute Gasteiger partial charge is 0.352 e. The lowest BCUT2D eigenvalue weighted by Crippen LogP contribution is -2.30. The van der Waals surface area contributed by atoms with Crippen LogP contribution in [0.25, 0.3) is 0 Å². The summed E-state index contributed by atoms with van der Waals surface area (Å²) in [5, 5.41) is 2.59. The quantitative estimate of drug-likeness (QED) is 0.808. The molecular weight excluding hydrogens is 317 g/mol. The molecule has 0 saturated carbocycles. The van der Waals surface area contributed by atoms with Gasteiger partial charge < -0.3 is 5.32 Å². The minimum atomic E-state index is -0.271. The second-order valence-corrected chi connectivity index (χ2v) is 5.91. The Hall–Kier alpha value is -0.810. The van der Waals surface area contributed by atoms with E-state index in [1.54, 1.807) is 12.1 Å². The Bertz CT molecular complexity index is 439. The van der Waals surface area contributed by atoms with Crippen molar-refractivity contribution in [1.82, 2.24) is 5.32 Å². The van der Waals surface area contributed by atoms with Crippen LogP contribution in [0, 0.1) is 5.82 Å². The molecule has 1 amide bonds. The minimum absolute atomic E-state index is 0.0156. The molecule has 1 aromatic carbocycles. The third-order valence-electron chi connectivity index (χ3n) is 2.29.